The second-order valence-electron chi connectivity index (χ2n) is 5.25. The second kappa shape index (κ2) is 6.84. The van der Waals surface area contributed by atoms with Crippen LogP contribution in [-0.2, 0) is 4.79 Å². The highest BCUT2D eigenvalue weighted by molar-refractivity contribution is 14.1. The van der Waals surface area contributed by atoms with E-state index >= 15 is 0 Å². The third kappa shape index (κ3) is 3.54. The molecule has 2 aromatic carbocycles. The summed E-state index contributed by atoms with van der Waals surface area (Å²) in [6.07, 6.45) is 0.281. The van der Waals surface area contributed by atoms with Crippen LogP contribution in [0.1, 0.15) is 17.9 Å². The molecular formula is C18H14IN3O. The van der Waals surface area contributed by atoms with Crippen LogP contribution in [0.5, 0.6) is 0 Å². The molecule has 0 aliphatic carbocycles. The van der Waals surface area contributed by atoms with Crippen molar-refractivity contribution in [3.63, 3.8) is 0 Å². The molecule has 0 fully saturated rings. The number of rotatable bonds is 3. The van der Waals surface area contributed by atoms with Crippen molar-refractivity contribution in [1.82, 2.24) is 5.32 Å². The monoisotopic (exact) mass is 415 g/mol. The molecular weight excluding hydrogens is 401 g/mol. The Morgan fingerprint density at radius 3 is 2.65 bits per heavy atom. The summed E-state index contributed by atoms with van der Waals surface area (Å²) in [6, 6.07) is 19.7. The Hall–Kier alpha value is -2.33. The first-order valence-electron chi connectivity index (χ1n) is 7.19. The van der Waals surface area contributed by atoms with Crippen molar-refractivity contribution in [2.24, 2.45) is 0 Å². The summed E-state index contributed by atoms with van der Waals surface area (Å²) < 4.78 is 1.08. The Morgan fingerprint density at radius 2 is 1.96 bits per heavy atom. The highest BCUT2D eigenvalue weighted by Crippen LogP contribution is 2.33. The molecule has 0 aromatic heterocycles. The van der Waals surface area contributed by atoms with Gasteiger partial charge in [0.1, 0.15) is 5.82 Å². The van der Waals surface area contributed by atoms with Gasteiger partial charge in [-0.25, -0.2) is 0 Å². The third-order valence-electron chi connectivity index (χ3n) is 3.69. The van der Waals surface area contributed by atoms with Gasteiger partial charge in [-0.3, -0.25) is 4.79 Å². The smallest absolute Gasteiger partial charge is 0.226 e. The minimum Gasteiger partial charge on any atom is -0.341 e. The number of carbonyl (C=O) groups excluding carboxylic acids is 1. The molecule has 1 atom stereocenters. The topological polar surface area (TPSA) is 64.9 Å². The van der Waals surface area contributed by atoms with Crippen LogP contribution in [0, 0.1) is 14.9 Å². The summed E-state index contributed by atoms with van der Waals surface area (Å²) in [7, 11) is 0. The minimum absolute atomic E-state index is 0.0914. The van der Waals surface area contributed by atoms with Crippen LogP contribution in [0.4, 0.5) is 5.69 Å². The molecule has 0 spiro atoms. The quantitative estimate of drug-likeness (QED) is 0.751. The highest BCUT2D eigenvalue weighted by atomic mass is 127. The third-order valence-corrected chi connectivity index (χ3v) is 4.36. The molecule has 1 amide bonds. The van der Waals surface area contributed by atoms with E-state index < -0.39 is 0 Å². The Morgan fingerprint density at radius 1 is 1.17 bits per heavy atom. The van der Waals surface area contributed by atoms with Gasteiger partial charge in [0.2, 0.25) is 5.91 Å². The Labute approximate surface area is 148 Å². The largest absolute Gasteiger partial charge is 0.341 e. The highest BCUT2D eigenvalue weighted by Gasteiger charge is 2.29. The number of allylic oxidation sites excluding steroid dienone is 1. The number of nitrogens with zero attached hydrogens (tertiary/aromatic N) is 1. The zero-order chi connectivity index (χ0) is 16.2. The van der Waals surface area contributed by atoms with Crippen LogP contribution in [-0.4, -0.2) is 5.91 Å². The van der Waals surface area contributed by atoms with Gasteiger partial charge in [-0.1, -0.05) is 30.3 Å². The number of nitrogens with one attached hydrogen (secondary N) is 2. The number of amides is 1. The molecule has 0 radical (unpaired) electrons. The van der Waals surface area contributed by atoms with E-state index in [-0.39, 0.29) is 18.2 Å². The summed E-state index contributed by atoms with van der Waals surface area (Å²) >= 11 is 2.23. The molecule has 4 nitrogen and oxygen atoms in total. The molecule has 1 unspecified atom stereocenters. The number of anilines is 1. The average Bonchev–Trinajstić information content (AvgIpc) is 2.55. The molecule has 2 aromatic rings. The molecule has 23 heavy (non-hydrogen) atoms. The van der Waals surface area contributed by atoms with Gasteiger partial charge >= 0.3 is 0 Å². The molecule has 1 aliphatic rings. The molecule has 2 N–H and O–H groups in total. The first-order chi connectivity index (χ1) is 11.2. The molecule has 0 bridgehead atoms. The average molecular weight is 415 g/mol. The fraction of sp³-hybridized carbons (Fsp3) is 0.111. The number of hydrogen-bond donors (Lipinski definition) is 2. The Balaban J connectivity index is 2.01. The SMILES string of the molecule is N#CC1=C(Nc2ccccc2)NC(=O)CC1c1cccc(I)c1. The van der Waals surface area contributed by atoms with E-state index in [2.05, 4.69) is 39.3 Å². The standard InChI is InChI=1S/C18H14IN3O/c19-13-6-4-5-12(9-13)15-10-17(23)22-18(16(15)11-20)21-14-7-2-1-3-8-14/h1-9,15,21H,10H2,(H,22,23). The maximum Gasteiger partial charge on any atom is 0.226 e. The van der Waals surface area contributed by atoms with Crippen molar-refractivity contribution in [3.8, 4) is 6.07 Å². The summed E-state index contributed by atoms with van der Waals surface area (Å²) in [4.78, 5) is 12.1. The van der Waals surface area contributed by atoms with E-state index in [1.165, 1.54) is 0 Å². The van der Waals surface area contributed by atoms with Gasteiger partial charge in [-0.2, -0.15) is 5.26 Å². The number of para-hydroxylation sites is 1. The summed E-state index contributed by atoms with van der Waals surface area (Å²) in [5, 5.41) is 15.6. The maximum absolute atomic E-state index is 12.1. The maximum atomic E-state index is 12.1. The predicted molar refractivity (Wildman–Crippen MR) is 97.4 cm³/mol. The van der Waals surface area contributed by atoms with Crippen LogP contribution in [0.25, 0.3) is 0 Å². The van der Waals surface area contributed by atoms with Crippen LogP contribution in [0.3, 0.4) is 0 Å². The van der Waals surface area contributed by atoms with Crippen molar-refractivity contribution < 1.29 is 4.79 Å². The summed E-state index contributed by atoms with van der Waals surface area (Å²) in [6.45, 7) is 0. The van der Waals surface area contributed by atoms with Gasteiger partial charge in [-0.15, -0.1) is 0 Å². The van der Waals surface area contributed by atoms with Gasteiger partial charge in [0, 0.05) is 21.6 Å². The van der Waals surface area contributed by atoms with Crippen molar-refractivity contribution in [2.75, 3.05) is 5.32 Å². The molecule has 5 heteroatoms. The van der Waals surface area contributed by atoms with Gasteiger partial charge in [0.25, 0.3) is 0 Å². The predicted octanol–water partition coefficient (Wildman–Crippen LogP) is 3.74. The van der Waals surface area contributed by atoms with E-state index in [4.69, 9.17) is 0 Å². The van der Waals surface area contributed by atoms with Crippen molar-refractivity contribution in [1.29, 1.82) is 5.26 Å². The zero-order valence-corrected chi connectivity index (χ0v) is 14.4. The van der Waals surface area contributed by atoms with Gasteiger partial charge in [0.05, 0.1) is 11.6 Å². The second-order valence-corrected chi connectivity index (χ2v) is 6.50. The molecule has 0 saturated heterocycles. The lowest BCUT2D eigenvalue weighted by molar-refractivity contribution is -0.121. The molecule has 114 valence electrons. The van der Waals surface area contributed by atoms with E-state index in [1.807, 2.05) is 54.6 Å². The lowest BCUT2D eigenvalue weighted by atomic mass is 9.86. The van der Waals surface area contributed by atoms with Crippen molar-refractivity contribution in [2.45, 2.75) is 12.3 Å². The summed E-state index contributed by atoms with van der Waals surface area (Å²) in [5.74, 6) is 0.153. The lowest BCUT2D eigenvalue weighted by Gasteiger charge is -2.26. The number of carbonyl (C=O) groups is 1. The van der Waals surface area contributed by atoms with E-state index in [9.17, 15) is 10.1 Å². The normalized spacial score (nSPS) is 17.4. The first-order valence-corrected chi connectivity index (χ1v) is 8.27. The van der Waals surface area contributed by atoms with Crippen molar-refractivity contribution in [3.05, 3.63) is 75.1 Å². The van der Waals surface area contributed by atoms with Gasteiger partial charge in [-0.05, 0) is 52.4 Å². The first kappa shape index (κ1) is 15.6. The van der Waals surface area contributed by atoms with Crippen molar-refractivity contribution >= 4 is 34.2 Å². The summed E-state index contributed by atoms with van der Waals surface area (Å²) in [5.41, 5.74) is 2.37. The van der Waals surface area contributed by atoms with Crippen LogP contribution < -0.4 is 10.6 Å². The molecule has 1 aliphatic heterocycles. The van der Waals surface area contributed by atoms with Gasteiger partial charge in [0.15, 0.2) is 0 Å². The van der Waals surface area contributed by atoms with Crippen LogP contribution in [0.15, 0.2) is 66.0 Å². The molecule has 0 saturated carbocycles. The number of benzene rings is 2. The molecule has 1 heterocycles. The Bertz CT molecular complexity index is 809. The minimum atomic E-state index is -0.227. The molecule has 3 rings (SSSR count). The van der Waals surface area contributed by atoms with Gasteiger partial charge < -0.3 is 10.6 Å². The number of halogens is 1. The van der Waals surface area contributed by atoms with E-state index in [0.29, 0.717) is 11.4 Å². The number of hydrogen-bond acceptors (Lipinski definition) is 3. The number of nitriles is 1. The fourth-order valence-corrected chi connectivity index (χ4v) is 3.19. The van der Waals surface area contributed by atoms with E-state index in [1.54, 1.807) is 0 Å². The lowest BCUT2D eigenvalue weighted by Crippen LogP contribution is -2.35. The van der Waals surface area contributed by atoms with Crippen LogP contribution >= 0.6 is 22.6 Å². The Kier molecular flexibility index (Phi) is 4.63. The fourth-order valence-electron chi connectivity index (χ4n) is 2.63. The zero-order valence-electron chi connectivity index (χ0n) is 12.2. The van der Waals surface area contributed by atoms with Crippen LogP contribution in [0.2, 0.25) is 0 Å². The van der Waals surface area contributed by atoms with E-state index in [0.717, 1.165) is 14.8 Å².